The number of amides is 1. The van der Waals surface area contributed by atoms with E-state index in [1.807, 2.05) is 6.92 Å². The smallest absolute Gasteiger partial charge is 0.344 e. The number of nitrogens with zero attached hydrogens (tertiary/aromatic N) is 2. The van der Waals surface area contributed by atoms with Crippen LogP contribution in [-0.2, 0) is 4.79 Å². The maximum absolute atomic E-state index is 11.9. The molecular weight excluding hydrogens is 264 g/mol. The molecule has 1 aliphatic rings. The summed E-state index contributed by atoms with van der Waals surface area (Å²) in [6.07, 6.45) is 2.03. The molecule has 0 radical (unpaired) electrons. The summed E-state index contributed by atoms with van der Waals surface area (Å²) in [6.45, 7) is 6.60. The average molecular weight is 284 g/mol. The van der Waals surface area contributed by atoms with Gasteiger partial charge in [-0.15, -0.1) is 5.10 Å². The van der Waals surface area contributed by atoms with Gasteiger partial charge < -0.3 is 5.32 Å². The minimum atomic E-state index is -0.258. The van der Waals surface area contributed by atoms with Crippen LogP contribution in [0.25, 0.3) is 0 Å². The number of thioether (sulfide) groups is 1. The molecule has 0 spiro atoms. The van der Waals surface area contributed by atoms with Gasteiger partial charge in [0.15, 0.2) is 5.16 Å². The van der Waals surface area contributed by atoms with Gasteiger partial charge in [-0.25, -0.2) is 9.89 Å². The standard InChI is InChI=1S/C12H20N4O2S/c1-7(2)6-13-10(17)8(3)19-12-15-14-11(18)16(12)9-4-5-9/h7-9H,4-6H2,1-3H3,(H,13,17)(H,14,18). The van der Waals surface area contributed by atoms with E-state index in [0.29, 0.717) is 17.6 Å². The van der Waals surface area contributed by atoms with Crippen LogP contribution in [-0.4, -0.2) is 32.5 Å². The first kappa shape index (κ1) is 14.2. The summed E-state index contributed by atoms with van der Waals surface area (Å²) >= 11 is 1.33. The fourth-order valence-electron chi connectivity index (χ4n) is 1.69. The Morgan fingerprint density at radius 2 is 2.21 bits per heavy atom. The van der Waals surface area contributed by atoms with Crippen LogP contribution < -0.4 is 11.0 Å². The van der Waals surface area contributed by atoms with Gasteiger partial charge in [-0.2, -0.15) is 0 Å². The summed E-state index contributed by atoms with van der Waals surface area (Å²) in [5.41, 5.74) is -0.181. The van der Waals surface area contributed by atoms with Crippen molar-refractivity contribution in [2.75, 3.05) is 6.54 Å². The quantitative estimate of drug-likeness (QED) is 0.768. The fraction of sp³-hybridized carbons (Fsp3) is 0.750. The molecule has 7 heteroatoms. The van der Waals surface area contributed by atoms with Crippen molar-refractivity contribution < 1.29 is 4.79 Å². The third-order valence-electron chi connectivity index (χ3n) is 2.92. The highest BCUT2D eigenvalue weighted by Crippen LogP contribution is 2.36. The van der Waals surface area contributed by atoms with Crippen molar-refractivity contribution in [2.24, 2.45) is 5.92 Å². The average Bonchev–Trinajstić information content (AvgIpc) is 3.12. The maximum Gasteiger partial charge on any atom is 0.344 e. The Morgan fingerprint density at radius 1 is 1.53 bits per heavy atom. The first-order chi connectivity index (χ1) is 8.99. The largest absolute Gasteiger partial charge is 0.355 e. The SMILES string of the molecule is CC(C)CNC(=O)C(C)Sc1n[nH]c(=O)n1C1CC1. The van der Waals surface area contributed by atoms with Gasteiger partial charge in [0.1, 0.15) is 0 Å². The van der Waals surface area contributed by atoms with E-state index < -0.39 is 0 Å². The van der Waals surface area contributed by atoms with Gasteiger partial charge in [-0.1, -0.05) is 25.6 Å². The second-order valence-electron chi connectivity index (χ2n) is 5.31. The molecule has 1 saturated carbocycles. The number of carbonyl (C=O) groups is 1. The minimum absolute atomic E-state index is 0.0171. The van der Waals surface area contributed by atoms with Gasteiger partial charge >= 0.3 is 5.69 Å². The number of nitrogens with one attached hydrogen (secondary N) is 2. The summed E-state index contributed by atoms with van der Waals surface area (Å²) in [5.74, 6) is 0.410. The van der Waals surface area contributed by atoms with Gasteiger partial charge in [-0.05, 0) is 25.7 Å². The summed E-state index contributed by atoms with van der Waals surface area (Å²) in [5, 5.41) is 9.70. The van der Waals surface area contributed by atoms with Crippen molar-refractivity contribution in [3.05, 3.63) is 10.5 Å². The third kappa shape index (κ3) is 3.62. The summed E-state index contributed by atoms with van der Waals surface area (Å²) < 4.78 is 1.66. The second kappa shape index (κ2) is 5.81. The summed E-state index contributed by atoms with van der Waals surface area (Å²) in [6, 6.07) is 0.264. The Hall–Kier alpha value is -1.24. The Bertz CT molecular complexity index is 504. The van der Waals surface area contributed by atoms with Crippen LogP contribution in [0.2, 0.25) is 0 Å². The lowest BCUT2D eigenvalue weighted by Crippen LogP contribution is -2.33. The molecule has 1 heterocycles. The zero-order valence-corrected chi connectivity index (χ0v) is 12.3. The van der Waals surface area contributed by atoms with Crippen LogP contribution in [0.5, 0.6) is 0 Å². The van der Waals surface area contributed by atoms with Gasteiger partial charge in [-0.3, -0.25) is 9.36 Å². The molecule has 0 bridgehead atoms. The topological polar surface area (TPSA) is 79.8 Å². The first-order valence-electron chi connectivity index (χ1n) is 6.60. The van der Waals surface area contributed by atoms with Crippen LogP contribution in [0.4, 0.5) is 0 Å². The Kier molecular flexibility index (Phi) is 4.34. The maximum atomic E-state index is 11.9. The van der Waals surface area contributed by atoms with Gasteiger partial charge in [0.2, 0.25) is 5.91 Å². The van der Waals surface area contributed by atoms with Crippen LogP contribution >= 0.6 is 11.8 Å². The highest BCUT2D eigenvalue weighted by molar-refractivity contribution is 8.00. The van der Waals surface area contributed by atoms with E-state index in [1.54, 1.807) is 4.57 Å². The second-order valence-corrected chi connectivity index (χ2v) is 6.62. The number of carbonyl (C=O) groups excluding carboxylic acids is 1. The predicted octanol–water partition coefficient (Wildman–Crippen LogP) is 1.16. The molecule has 106 valence electrons. The van der Waals surface area contributed by atoms with Crippen molar-refractivity contribution >= 4 is 17.7 Å². The molecule has 1 fully saturated rings. The number of hydrogen-bond donors (Lipinski definition) is 2. The first-order valence-corrected chi connectivity index (χ1v) is 7.48. The molecule has 1 amide bonds. The number of hydrogen-bond acceptors (Lipinski definition) is 4. The highest BCUT2D eigenvalue weighted by atomic mass is 32.2. The van der Waals surface area contributed by atoms with Gasteiger partial charge in [0.05, 0.1) is 5.25 Å². The lowest BCUT2D eigenvalue weighted by Gasteiger charge is -2.13. The van der Waals surface area contributed by atoms with Crippen LogP contribution in [0.3, 0.4) is 0 Å². The lowest BCUT2D eigenvalue weighted by molar-refractivity contribution is -0.120. The zero-order chi connectivity index (χ0) is 14.0. The van der Waals surface area contributed by atoms with Crippen LogP contribution in [0, 0.1) is 5.92 Å². The third-order valence-corrected chi connectivity index (χ3v) is 3.99. The molecule has 1 aliphatic carbocycles. The van der Waals surface area contributed by atoms with Crippen LogP contribution in [0.1, 0.15) is 39.7 Å². The summed E-state index contributed by atoms with van der Waals surface area (Å²) in [7, 11) is 0. The number of aromatic amines is 1. The van der Waals surface area contributed by atoms with Crippen molar-refractivity contribution in [3.8, 4) is 0 Å². The van der Waals surface area contributed by atoms with Crippen LogP contribution in [0.15, 0.2) is 9.95 Å². The Labute approximate surface area is 116 Å². The van der Waals surface area contributed by atoms with Crippen molar-refractivity contribution in [2.45, 2.75) is 50.1 Å². The van der Waals surface area contributed by atoms with Crippen molar-refractivity contribution in [3.63, 3.8) is 0 Å². The van der Waals surface area contributed by atoms with Gasteiger partial charge in [0, 0.05) is 12.6 Å². The molecule has 6 nitrogen and oxygen atoms in total. The molecule has 2 N–H and O–H groups in total. The van der Waals surface area contributed by atoms with Gasteiger partial charge in [0.25, 0.3) is 0 Å². The monoisotopic (exact) mass is 284 g/mol. The molecule has 0 saturated heterocycles. The molecule has 1 unspecified atom stereocenters. The minimum Gasteiger partial charge on any atom is -0.355 e. The van der Waals surface area contributed by atoms with E-state index in [4.69, 9.17) is 0 Å². The zero-order valence-electron chi connectivity index (χ0n) is 11.5. The van der Waals surface area contributed by atoms with E-state index in [9.17, 15) is 9.59 Å². The molecule has 1 aromatic rings. The highest BCUT2D eigenvalue weighted by Gasteiger charge is 2.30. The molecule has 1 atom stereocenters. The Balaban J connectivity index is 1.97. The lowest BCUT2D eigenvalue weighted by atomic mass is 10.2. The van der Waals surface area contributed by atoms with E-state index in [-0.39, 0.29) is 22.9 Å². The number of rotatable bonds is 6. The molecule has 1 aromatic heterocycles. The molecule has 0 aromatic carbocycles. The molecule has 19 heavy (non-hydrogen) atoms. The molecular formula is C12H20N4O2S. The van der Waals surface area contributed by atoms with Crippen molar-refractivity contribution in [1.29, 1.82) is 0 Å². The summed E-state index contributed by atoms with van der Waals surface area (Å²) in [4.78, 5) is 23.5. The predicted molar refractivity (Wildman–Crippen MR) is 74.3 cm³/mol. The number of H-pyrrole nitrogens is 1. The molecule has 2 rings (SSSR count). The van der Waals surface area contributed by atoms with Crippen molar-refractivity contribution in [1.82, 2.24) is 20.1 Å². The fourth-order valence-corrected chi connectivity index (χ4v) is 2.64. The molecule has 0 aliphatic heterocycles. The normalized spacial score (nSPS) is 16.6. The Morgan fingerprint density at radius 3 is 2.79 bits per heavy atom. The van der Waals surface area contributed by atoms with E-state index >= 15 is 0 Å². The number of aromatic nitrogens is 3. The van der Waals surface area contributed by atoms with E-state index in [0.717, 1.165) is 12.8 Å². The van der Waals surface area contributed by atoms with E-state index in [1.165, 1.54) is 11.8 Å². The van der Waals surface area contributed by atoms with E-state index in [2.05, 4.69) is 29.4 Å².